The van der Waals surface area contributed by atoms with E-state index < -0.39 is 6.50 Å². The number of hydrogen-bond donors (Lipinski definition) is 1. The molecule has 2 aromatic carbocycles. The van der Waals surface area contributed by atoms with Gasteiger partial charge in [-0.15, -0.1) is 0 Å². The van der Waals surface area contributed by atoms with Gasteiger partial charge in [0.05, 0.1) is 20.7 Å². The van der Waals surface area contributed by atoms with Crippen LogP contribution in [0, 0.1) is 0 Å². The van der Waals surface area contributed by atoms with Crippen LogP contribution in [-0.4, -0.2) is 28.5 Å². The maximum Gasteiger partial charge on any atom is 0.318 e. The zero-order valence-electron chi connectivity index (χ0n) is 19.3. The van der Waals surface area contributed by atoms with Gasteiger partial charge >= 0.3 is 6.03 Å². The molecule has 2 atom stereocenters. The highest BCUT2D eigenvalue weighted by Gasteiger charge is 2.33. The Morgan fingerprint density at radius 2 is 1.73 bits per heavy atom. The maximum atomic E-state index is 13.3. The van der Waals surface area contributed by atoms with Crippen molar-refractivity contribution in [2.45, 2.75) is 39.0 Å². The summed E-state index contributed by atoms with van der Waals surface area (Å²) in [4.78, 5) is 21.1. The molecule has 2 heterocycles. The van der Waals surface area contributed by atoms with Gasteiger partial charge in [-0.3, -0.25) is 4.98 Å². The molecule has 4 rings (SSSR count). The van der Waals surface area contributed by atoms with Crippen LogP contribution < -0.4 is 10.2 Å². The molecule has 1 N–H and O–H groups in total. The molecule has 3 aromatic rings. The van der Waals surface area contributed by atoms with E-state index in [4.69, 9.17) is 2.74 Å². The molecule has 0 fully saturated rings. The Hall–Kier alpha value is -3.34. The summed E-state index contributed by atoms with van der Waals surface area (Å²) in [6.45, 7) is 2.96. The minimum Gasteiger partial charge on any atom is -0.364 e. The summed E-state index contributed by atoms with van der Waals surface area (Å²) in [6.07, 6.45) is 3.40. The van der Waals surface area contributed by atoms with E-state index in [-0.39, 0.29) is 18.1 Å². The monoisotopic (exact) mass is 402 g/mol. The highest BCUT2D eigenvalue weighted by atomic mass is 16.2. The van der Waals surface area contributed by atoms with Crippen molar-refractivity contribution in [1.82, 2.24) is 15.2 Å². The number of hydrogen-bond acceptors (Lipinski definition) is 3. The van der Waals surface area contributed by atoms with Crippen molar-refractivity contribution >= 4 is 11.7 Å². The van der Waals surface area contributed by atoms with E-state index in [9.17, 15) is 4.79 Å². The minimum atomic E-state index is -1.76. The number of fused-ring (bicyclic) bond motifs is 1. The van der Waals surface area contributed by atoms with Crippen LogP contribution in [0.5, 0.6) is 0 Å². The normalized spacial score (nSPS) is 19.9. The maximum absolute atomic E-state index is 13.3. The molecule has 0 saturated carbocycles. The summed E-state index contributed by atoms with van der Waals surface area (Å²) < 4.78 is 17.9. The summed E-state index contributed by atoms with van der Waals surface area (Å²) in [6, 6.07) is 20.2. The van der Waals surface area contributed by atoms with Crippen LogP contribution in [0.15, 0.2) is 79.1 Å². The van der Waals surface area contributed by atoms with Crippen LogP contribution >= 0.6 is 0 Å². The lowest BCUT2D eigenvalue weighted by atomic mass is 10.1. The van der Waals surface area contributed by atoms with Crippen molar-refractivity contribution in [2.75, 3.05) is 11.4 Å². The lowest BCUT2D eigenvalue weighted by Gasteiger charge is -2.33. The van der Waals surface area contributed by atoms with E-state index in [2.05, 4.69) is 10.3 Å². The first kappa shape index (κ1) is 17.5. The van der Waals surface area contributed by atoms with Gasteiger partial charge in [0, 0.05) is 37.4 Å². The lowest BCUT2D eigenvalue weighted by Crippen LogP contribution is -2.48. The first-order chi connectivity index (χ1) is 15.4. The van der Waals surface area contributed by atoms with Crippen LogP contribution in [0.25, 0.3) is 0 Å². The Labute approximate surface area is 181 Å². The van der Waals surface area contributed by atoms with Gasteiger partial charge in [-0.2, -0.15) is 0 Å². The highest BCUT2D eigenvalue weighted by molar-refractivity contribution is 5.76. The third kappa shape index (κ3) is 4.30. The average molecular weight is 403 g/mol. The Bertz CT molecular complexity index is 1060. The smallest absolute Gasteiger partial charge is 0.318 e. The molecule has 1 aromatic heterocycles. The molecule has 5 heteroatoms. The Kier molecular flexibility index (Phi) is 5.25. The fraction of sp³-hybridized carbons (Fsp3) is 0.280. The van der Waals surface area contributed by atoms with Crippen LogP contribution in [-0.2, 0) is 13.0 Å². The minimum absolute atomic E-state index is 0.168. The molecule has 0 radical (unpaired) electrons. The Morgan fingerprint density at radius 3 is 2.43 bits per heavy atom. The molecule has 0 bridgehead atoms. The van der Waals surface area contributed by atoms with Gasteiger partial charge in [0.2, 0.25) is 0 Å². The third-order valence-corrected chi connectivity index (χ3v) is 5.47. The molecule has 0 unspecified atom stereocenters. The fourth-order valence-corrected chi connectivity index (χ4v) is 3.97. The molecule has 154 valence electrons. The summed E-state index contributed by atoms with van der Waals surface area (Å²) in [5, 5.41) is 3.03. The van der Waals surface area contributed by atoms with Crippen molar-refractivity contribution in [1.29, 1.82) is 0 Å². The van der Waals surface area contributed by atoms with Crippen LogP contribution in [0.4, 0.5) is 10.5 Å². The van der Waals surface area contributed by atoms with Gasteiger partial charge in [-0.25, -0.2) is 4.79 Å². The number of nitrogens with one attached hydrogen (secondary N) is 1. The first-order valence-corrected chi connectivity index (χ1v) is 10.3. The zero-order chi connectivity index (χ0) is 22.7. The summed E-state index contributed by atoms with van der Waals surface area (Å²) in [7, 11) is 0. The number of anilines is 1. The number of urea groups is 1. The summed E-state index contributed by atoms with van der Waals surface area (Å²) in [5.74, 6) is 0. The van der Waals surface area contributed by atoms with E-state index in [1.54, 1.807) is 29.4 Å². The standard InChI is InChI=1S/C25H28N4O/c1-19-17-28(18-22-11-7-4-8-12-22)24-16-26-14-13-23(24)20(2)29(19)25(30)27-15-21-9-5-3-6-10-21/h3-14,16,19-20H,15,17-18H2,1-2H3,(H,27,30)/t19-,20+/m1/s1/i18D2. The molecule has 1 aliphatic rings. The number of nitrogens with zero attached hydrogens (tertiary/aromatic N) is 3. The molecule has 0 saturated heterocycles. The summed E-state index contributed by atoms with van der Waals surface area (Å²) >= 11 is 0. The SMILES string of the molecule is [2H]C([2H])(c1ccccc1)N1C[C@@H](C)N(C(=O)NCc2ccccc2)[C@@H](C)c2ccncc21. The van der Waals surface area contributed by atoms with Gasteiger partial charge in [0.15, 0.2) is 0 Å². The zero-order valence-corrected chi connectivity index (χ0v) is 17.3. The van der Waals surface area contributed by atoms with Gasteiger partial charge in [-0.05, 0) is 31.0 Å². The Morgan fingerprint density at radius 1 is 1.07 bits per heavy atom. The second-order valence-corrected chi connectivity index (χ2v) is 7.60. The molecule has 1 aliphatic heterocycles. The van der Waals surface area contributed by atoms with Gasteiger partial charge in [0.25, 0.3) is 0 Å². The number of aromatic nitrogens is 1. The van der Waals surface area contributed by atoms with Gasteiger partial charge in [0.1, 0.15) is 0 Å². The molecule has 5 nitrogen and oxygen atoms in total. The second-order valence-electron chi connectivity index (χ2n) is 7.60. The van der Waals surface area contributed by atoms with E-state index >= 15 is 0 Å². The van der Waals surface area contributed by atoms with Crippen molar-refractivity contribution in [3.8, 4) is 0 Å². The third-order valence-electron chi connectivity index (χ3n) is 5.47. The van der Waals surface area contributed by atoms with E-state index in [0.29, 0.717) is 24.3 Å². The quantitative estimate of drug-likeness (QED) is 0.684. The van der Waals surface area contributed by atoms with E-state index in [0.717, 1.165) is 11.1 Å². The average Bonchev–Trinajstić information content (AvgIpc) is 2.93. The molecular weight excluding hydrogens is 372 g/mol. The van der Waals surface area contributed by atoms with Gasteiger partial charge in [-0.1, -0.05) is 60.7 Å². The predicted molar refractivity (Wildman–Crippen MR) is 120 cm³/mol. The van der Waals surface area contributed by atoms with Crippen molar-refractivity contribution in [3.05, 3.63) is 95.8 Å². The molecule has 2 amide bonds. The topological polar surface area (TPSA) is 48.5 Å². The van der Waals surface area contributed by atoms with Crippen LogP contribution in [0.2, 0.25) is 0 Å². The van der Waals surface area contributed by atoms with Crippen molar-refractivity contribution in [2.24, 2.45) is 0 Å². The van der Waals surface area contributed by atoms with E-state index in [1.165, 1.54) is 0 Å². The predicted octanol–water partition coefficient (Wildman–Crippen LogP) is 4.76. The number of benzene rings is 2. The van der Waals surface area contributed by atoms with Crippen LogP contribution in [0.1, 0.15) is 39.3 Å². The van der Waals surface area contributed by atoms with Crippen molar-refractivity contribution < 1.29 is 7.54 Å². The molecule has 0 aliphatic carbocycles. The van der Waals surface area contributed by atoms with E-state index in [1.807, 2.05) is 73.3 Å². The number of carbonyl (C=O) groups excluding carboxylic acids is 1. The lowest BCUT2D eigenvalue weighted by molar-refractivity contribution is 0.158. The Balaban J connectivity index is 1.66. The number of amides is 2. The van der Waals surface area contributed by atoms with Crippen LogP contribution in [0.3, 0.4) is 0 Å². The first-order valence-electron chi connectivity index (χ1n) is 11.3. The largest absolute Gasteiger partial charge is 0.364 e. The molecule has 30 heavy (non-hydrogen) atoms. The fourth-order valence-electron chi connectivity index (χ4n) is 3.97. The molecular formula is C25H28N4O. The number of carbonyl (C=O) groups is 1. The van der Waals surface area contributed by atoms with Crippen molar-refractivity contribution in [3.63, 3.8) is 0 Å². The number of pyridine rings is 1. The highest BCUT2D eigenvalue weighted by Crippen LogP contribution is 2.35. The summed E-state index contributed by atoms with van der Waals surface area (Å²) in [5.41, 5.74) is 3.18. The number of rotatable bonds is 4. The van der Waals surface area contributed by atoms with Gasteiger partial charge < -0.3 is 15.1 Å². The second kappa shape index (κ2) is 8.99. The molecule has 0 spiro atoms.